The van der Waals surface area contributed by atoms with E-state index >= 15 is 0 Å². The highest BCUT2D eigenvalue weighted by Crippen LogP contribution is 2.41. The van der Waals surface area contributed by atoms with Crippen molar-refractivity contribution in [2.45, 2.75) is 38.1 Å². The summed E-state index contributed by atoms with van der Waals surface area (Å²) in [5.74, 6) is 1.32. The first-order chi connectivity index (χ1) is 12.5. The number of rotatable bonds is 6. The van der Waals surface area contributed by atoms with Crippen molar-refractivity contribution in [2.24, 2.45) is 17.6 Å². The Morgan fingerprint density at radius 3 is 2.62 bits per heavy atom. The molecular formula is C20H27N3O3. The lowest BCUT2D eigenvalue weighted by Gasteiger charge is -2.20. The Morgan fingerprint density at radius 1 is 1.23 bits per heavy atom. The Bertz CT molecular complexity index is 729. The number of amides is 2. The number of nitrogens with zero attached hydrogens (tertiary/aromatic N) is 1. The minimum atomic E-state index is -0.313. The summed E-state index contributed by atoms with van der Waals surface area (Å²) in [4.78, 5) is 26.3. The highest BCUT2D eigenvalue weighted by atomic mass is 16.5. The number of likely N-dealkylation sites (tertiary alicyclic amines) is 1. The van der Waals surface area contributed by atoms with E-state index in [1.54, 1.807) is 7.11 Å². The molecule has 1 aromatic carbocycles. The van der Waals surface area contributed by atoms with Crippen molar-refractivity contribution in [1.82, 2.24) is 10.2 Å². The molecule has 140 valence electrons. The van der Waals surface area contributed by atoms with Crippen LogP contribution in [0.4, 0.5) is 0 Å². The van der Waals surface area contributed by atoms with Crippen LogP contribution in [0.1, 0.15) is 40.7 Å². The highest BCUT2D eigenvalue weighted by molar-refractivity contribution is 5.97. The van der Waals surface area contributed by atoms with E-state index in [2.05, 4.69) is 10.2 Å². The summed E-state index contributed by atoms with van der Waals surface area (Å²) in [6.07, 6.45) is 5.65. The van der Waals surface area contributed by atoms with Gasteiger partial charge in [0.2, 0.25) is 5.91 Å². The molecule has 1 saturated heterocycles. The monoisotopic (exact) mass is 357 g/mol. The Hall–Kier alpha value is -2.08. The van der Waals surface area contributed by atoms with Crippen LogP contribution >= 0.6 is 0 Å². The average molecular weight is 357 g/mol. The summed E-state index contributed by atoms with van der Waals surface area (Å²) in [5, 5.41) is 3.22. The molecule has 0 radical (unpaired) electrons. The van der Waals surface area contributed by atoms with Gasteiger partial charge in [0, 0.05) is 19.1 Å². The molecule has 2 fully saturated rings. The van der Waals surface area contributed by atoms with Gasteiger partial charge >= 0.3 is 0 Å². The molecule has 1 saturated carbocycles. The summed E-state index contributed by atoms with van der Waals surface area (Å²) in [6, 6.07) is 4.08. The smallest absolute Gasteiger partial charge is 0.255 e. The average Bonchev–Trinajstić information content (AvgIpc) is 3.22. The van der Waals surface area contributed by atoms with E-state index in [0.717, 1.165) is 25.8 Å². The zero-order valence-electron chi connectivity index (χ0n) is 15.3. The number of primary amides is 1. The molecule has 1 aromatic rings. The maximum Gasteiger partial charge on any atom is 0.255 e. The quantitative estimate of drug-likeness (QED) is 0.799. The molecule has 26 heavy (non-hydrogen) atoms. The van der Waals surface area contributed by atoms with E-state index in [1.807, 2.05) is 12.1 Å². The molecule has 1 heterocycles. The molecule has 2 aliphatic carbocycles. The number of methoxy groups -OCH3 is 1. The summed E-state index contributed by atoms with van der Waals surface area (Å²) in [7, 11) is 1.62. The maximum atomic E-state index is 13.0. The topological polar surface area (TPSA) is 84.7 Å². The third-order valence-electron chi connectivity index (χ3n) is 6.02. The van der Waals surface area contributed by atoms with Crippen molar-refractivity contribution in [1.29, 1.82) is 0 Å². The number of nitrogens with one attached hydrogen (secondary N) is 1. The van der Waals surface area contributed by atoms with Gasteiger partial charge in [-0.05, 0) is 67.2 Å². The molecule has 6 heteroatoms. The summed E-state index contributed by atoms with van der Waals surface area (Å²) in [6.45, 7) is 1.78. The largest absolute Gasteiger partial charge is 0.496 e. The standard InChI is InChI=1S/C20H27N3O3/c1-26-18-8-14-4-2-3-13(14)7-15(18)20(25)22-17-10-23(11-19(21)24)9-16(17)12-5-6-12/h7-8,12,16-17H,2-6,9-11H2,1H3,(H2,21,24)(H,22,25)/t16-,17+/m0/s1. The normalized spacial score (nSPS) is 25.1. The Labute approximate surface area is 154 Å². The van der Waals surface area contributed by atoms with Crippen molar-refractivity contribution in [2.75, 3.05) is 26.7 Å². The van der Waals surface area contributed by atoms with E-state index in [1.165, 1.54) is 24.0 Å². The second-order valence-corrected chi connectivity index (χ2v) is 7.92. The summed E-state index contributed by atoms with van der Waals surface area (Å²) >= 11 is 0. The minimum Gasteiger partial charge on any atom is -0.496 e. The van der Waals surface area contributed by atoms with Crippen molar-refractivity contribution < 1.29 is 14.3 Å². The molecule has 0 spiro atoms. The van der Waals surface area contributed by atoms with Gasteiger partial charge in [-0.25, -0.2) is 0 Å². The van der Waals surface area contributed by atoms with Gasteiger partial charge < -0.3 is 15.8 Å². The Balaban J connectivity index is 1.51. The van der Waals surface area contributed by atoms with Crippen LogP contribution in [0.3, 0.4) is 0 Å². The number of carbonyl (C=O) groups excluding carboxylic acids is 2. The number of hydrogen-bond acceptors (Lipinski definition) is 4. The predicted molar refractivity (Wildman–Crippen MR) is 98.1 cm³/mol. The molecule has 2 atom stereocenters. The van der Waals surface area contributed by atoms with Crippen molar-refractivity contribution in [3.63, 3.8) is 0 Å². The Kier molecular flexibility index (Phi) is 4.61. The lowest BCUT2D eigenvalue weighted by molar-refractivity contribution is -0.118. The third kappa shape index (κ3) is 3.43. The molecular weight excluding hydrogens is 330 g/mol. The van der Waals surface area contributed by atoms with E-state index in [-0.39, 0.29) is 24.4 Å². The number of benzene rings is 1. The van der Waals surface area contributed by atoms with Crippen LogP contribution in [-0.2, 0) is 17.6 Å². The number of fused-ring (bicyclic) bond motifs is 1. The number of carbonyl (C=O) groups is 2. The van der Waals surface area contributed by atoms with Gasteiger partial charge in [0.1, 0.15) is 5.75 Å². The summed E-state index contributed by atoms with van der Waals surface area (Å²) < 4.78 is 5.48. The number of ether oxygens (including phenoxy) is 1. The fraction of sp³-hybridized carbons (Fsp3) is 0.600. The van der Waals surface area contributed by atoms with Crippen LogP contribution in [-0.4, -0.2) is 49.5 Å². The SMILES string of the molecule is COc1cc2c(cc1C(=O)N[C@@H]1CN(CC(N)=O)C[C@H]1C1CC1)CCC2. The molecule has 3 N–H and O–H groups in total. The van der Waals surface area contributed by atoms with Gasteiger partial charge in [0.05, 0.1) is 19.2 Å². The zero-order valence-corrected chi connectivity index (χ0v) is 15.3. The second kappa shape index (κ2) is 6.91. The number of nitrogens with two attached hydrogens (primary N) is 1. The Morgan fingerprint density at radius 2 is 1.96 bits per heavy atom. The fourth-order valence-electron chi connectivity index (χ4n) is 4.61. The van der Waals surface area contributed by atoms with Gasteiger partial charge in [-0.2, -0.15) is 0 Å². The zero-order chi connectivity index (χ0) is 18.3. The molecule has 0 bridgehead atoms. The third-order valence-corrected chi connectivity index (χ3v) is 6.02. The van der Waals surface area contributed by atoms with Crippen LogP contribution in [0.5, 0.6) is 5.75 Å². The number of aryl methyl sites for hydroxylation is 2. The van der Waals surface area contributed by atoms with Crippen LogP contribution in [0, 0.1) is 11.8 Å². The first-order valence-corrected chi connectivity index (χ1v) is 9.56. The predicted octanol–water partition coefficient (Wildman–Crippen LogP) is 1.11. The van der Waals surface area contributed by atoms with Crippen molar-refractivity contribution >= 4 is 11.8 Å². The van der Waals surface area contributed by atoms with Gasteiger partial charge in [0.25, 0.3) is 5.91 Å². The van der Waals surface area contributed by atoms with Crippen LogP contribution < -0.4 is 15.8 Å². The maximum absolute atomic E-state index is 13.0. The van der Waals surface area contributed by atoms with E-state index in [0.29, 0.717) is 29.7 Å². The van der Waals surface area contributed by atoms with E-state index < -0.39 is 0 Å². The second-order valence-electron chi connectivity index (χ2n) is 7.92. The molecule has 1 aliphatic heterocycles. The first-order valence-electron chi connectivity index (χ1n) is 9.56. The van der Waals surface area contributed by atoms with Gasteiger partial charge in [-0.1, -0.05) is 0 Å². The number of hydrogen-bond donors (Lipinski definition) is 2. The van der Waals surface area contributed by atoms with Crippen LogP contribution in [0.2, 0.25) is 0 Å². The van der Waals surface area contributed by atoms with Crippen molar-refractivity contribution in [3.8, 4) is 5.75 Å². The van der Waals surface area contributed by atoms with Crippen molar-refractivity contribution in [3.05, 3.63) is 28.8 Å². The molecule has 3 aliphatic rings. The van der Waals surface area contributed by atoms with Gasteiger partial charge in [-0.3, -0.25) is 14.5 Å². The highest BCUT2D eigenvalue weighted by Gasteiger charge is 2.43. The summed E-state index contributed by atoms with van der Waals surface area (Å²) in [5.41, 5.74) is 8.53. The molecule has 2 amide bonds. The molecule has 0 aromatic heterocycles. The molecule has 4 rings (SSSR count). The minimum absolute atomic E-state index is 0.0623. The first kappa shape index (κ1) is 17.3. The van der Waals surface area contributed by atoms with E-state index in [4.69, 9.17) is 10.5 Å². The van der Waals surface area contributed by atoms with E-state index in [9.17, 15) is 9.59 Å². The lowest BCUT2D eigenvalue weighted by Crippen LogP contribution is -2.41. The molecule has 6 nitrogen and oxygen atoms in total. The van der Waals surface area contributed by atoms with Gasteiger partial charge in [0.15, 0.2) is 0 Å². The van der Waals surface area contributed by atoms with Crippen LogP contribution in [0.25, 0.3) is 0 Å². The fourth-order valence-corrected chi connectivity index (χ4v) is 4.61. The molecule has 0 unspecified atom stereocenters. The van der Waals surface area contributed by atoms with Crippen LogP contribution in [0.15, 0.2) is 12.1 Å². The van der Waals surface area contributed by atoms with Gasteiger partial charge in [-0.15, -0.1) is 0 Å². The lowest BCUT2D eigenvalue weighted by atomic mass is 9.97.